The van der Waals surface area contributed by atoms with E-state index in [1.807, 2.05) is 19.2 Å². The fourth-order valence-electron chi connectivity index (χ4n) is 2.85. The number of nitrogens with zero attached hydrogens (tertiary/aromatic N) is 3. The summed E-state index contributed by atoms with van der Waals surface area (Å²) in [6.45, 7) is 5.96. The van der Waals surface area contributed by atoms with Gasteiger partial charge in [0, 0.05) is 46.3 Å². The van der Waals surface area contributed by atoms with Crippen molar-refractivity contribution in [3.63, 3.8) is 0 Å². The molecule has 0 amide bonds. The lowest BCUT2D eigenvalue weighted by molar-refractivity contribution is 0.222. The molecule has 0 bridgehead atoms. The number of nitrogens with one attached hydrogen (secondary N) is 2. The van der Waals surface area contributed by atoms with E-state index in [1.54, 1.807) is 23.5 Å². The molecule has 1 aromatic carbocycles. The summed E-state index contributed by atoms with van der Waals surface area (Å²) in [6.07, 6.45) is 2.17. The topological polar surface area (TPSA) is 77.0 Å². The van der Waals surface area contributed by atoms with Crippen LogP contribution >= 0.6 is 0 Å². The van der Waals surface area contributed by atoms with Gasteiger partial charge in [0.1, 0.15) is 0 Å². The first-order chi connectivity index (χ1) is 12.5. The van der Waals surface area contributed by atoms with Crippen LogP contribution in [0.25, 0.3) is 0 Å². The number of piperazine rings is 1. The molecule has 7 nitrogen and oxygen atoms in total. The molecule has 2 rings (SSSR count). The summed E-state index contributed by atoms with van der Waals surface area (Å²) < 4.78 is 27.7. The van der Waals surface area contributed by atoms with Gasteiger partial charge in [0.2, 0.25) is 10.0 Å². The first-order valence-electron chi connectivity index (χ1n) is 9.20. The maximum Gasteiger partial charge on any atom is 0.243 e. The van der Waals surface area contributed by atoms with Crippen molar-refractivity contribution in [2.45, 2.75) is 31.2 Å². The Kier molecular flexibility index (Phi) is 7.86. The maximum absolute atomic E-state index is 13.1. The van der Waals surface area contributed by atoms with Crippen LogP contribution in [0.15, 0.2) is 34.2 Å². The zero-order valence-corrected chi connectivity index (χ0v) is 16.8. The van der Waals surface area contributed by atoms with Crippen LogP contribution in [0.5, 0.6) is 0 Å². The van der Waals surface area contributed by atoms with Crippen molar-refractivity contribution < 1.29 is 8.42 Å². The molecule has 1 aliphatic rings. The van der Waals surface area contributed by atoms with Crippen LogP contribution in [0.1, 0.15) is 25.3 Å². The van der Waals surface area contributed by atoms with Crippen molar-refractivity contribution >= 4 is 16.0 Å². The number of unbranched alkanes of at least 4 members (excludes halogenated alkanes) is 1. The van der Waals surface area contributed by atoms with Gasteiger partial charge in [-0.25, -0.2) is 8.42 Å². The van der Waals surface area contributed by atoms with Crippen LogP contribution in [-0.4, -0.2) is 70.4 Å². The number of sulfonamides is 1. The Bertz CT molecular complexity index is 697. The first kappa shape index (κ1) is 20.7. The molecule has 0 spiro atoms. The summed E-state index contributed by atoms with van der Waals surface area (Å²) in [6, 6.07) is 7.20. The Morgan fingerprint density at radius 1 is 1.15 bits per heavy atom. The minimum absolute atomic E-state index is 0.376. The molecular weight excluding hydrogens is 350 g/mol. The average Bonchev–Trinajstić information content (AvgIpc) is 2.65. The Morgan fingerprint density at radius 3 is 2.50 bits per heavy atom. The molecule has 0 unspecified atom stereocenters. The lowest BCUT2D eigenvalue weighted by atomic mass is 10.2. The number of rotatable bonds is 7. The minimum atomic E-state index is -3.49. The van der Waals surface area contributed by atoms with Gasteiger partial charge in [-0.2, -0.15) is 4.31 Å². The largest absolute Gasteiger partial charge is 0.356 e. The van der Waals surface area contributed by atoms with Crippen molar-refractivity contribution in [1.82, 2.24) is 19.8 Å². The molecule has 0 aliphatic carbocycles. The van der Waals surface area contributed by atoms with Crippen LogP contribution in [-0.2, 0) is 16.6 Å². The van der Waals surface area contributed by atoms with E-state index in [4.69, 9.17) is 0 Å². The summed E-state index contributed by atoms with van der Waals surface area (Å²) in [5.74, 6) is 0.685. The summed E-state index contributed by atoms with van der Waals surface area (Å²) in [7, 11) is 0.244. The average molecular weight is 382 g/mol. The Hall–Kier alpha value is -1.64. The highest BCUT2D eigenvalue weighted by atomic mass is 32.2. The third-order valence-corrected chi connectivity index (χ3v) is 6.54. The molecule has 1 saturated heterocycles. The molecule has 8 heteroatoms. The number of guanidine groups is 1. The number of hydrogen-bond donors (Lipinski definition) is 2. The Labute approximate surface area is 157 Å². The lowest BCUT2D eigenvalue weighted by Gasteiger charge is -2.32. The number of aliphatic imine (C=N–C) groups is 1. The van der Waals surface area contributed by atoms with Crippen molar-refractivity contribution in [3.8, 4) is 0 Å². The number of benzene rings is 1. The number of hydrogen-bond acceptors (Lipinski definition) is 4. The Balaban J connectivity index is 2.09. The second-order valence-electron chi connectivity index (χ2n) is 6.52. The van der Waals surface area contributed by atoms with E-state index in [9.17, 15) is 8.42 Å². The van der Waals surface area contributed by atoms with E-state index in [0.29, 0.717) is 30.5 Å². The molecule has 1 fully saturated rings. The minimum Gasteiger partial charge on any atom is -0.356 e. The predicted molar refractivity (Wildman–Crippen MR) is 106 cm³/mol. The smallest absolute Gasteiger partial charge is 0.243 e. The summed E-state index contributed by atoms with van der Waals surface area (Å²) in [5, 5.41) is 6.46. The van der Waals surface area contributed by atoms with E-state index in [0.717, 1.165) is 38.0 Å². The molecule has 2 N–H and O–H groups in total. The van der Waals surface area contributed by atoms with Gasteiger partial charge < -0.3 is 15.5 Å². The maximum atomic E-state index is 13.1. The lowest BCUT2D eigenvalue weighted by Crippen LogP contribution is -2.47. The molecule has 26 heavy (non-hydrogen) atoms. The summed E-state index contributed by atoms with van der Waals surface area (Å²) in [5.41, 5.74) is 0.755. The highest BCUT2D eigenvalue weighted by molar-refractivity contribution is 7.89. The van der Waals surface area contributed by atoms with Crippen LogP contribution < -0.4 is 10.6 Å². The van der Waals surface area contributed by atoms with Crippen LogP contribution in [0.3, 0.4) is 0 Å². The second-order valence-corrected chi connectivity index (χ2v) is 8.43. The number of likely N-dealkylation sites (N-methyl/N-ethyl adjacent to an activating group) is 1. The molecule has 1 aliphatic heterocycles. The molecule has 0 saturated carbocycles. The van der Waals surface area contributed by atoms with Gasteiger partial charge >= 0.3 is 0 Å². The standard InChI is InChI=1S/C18H31N5O2S/c1-4-5-10-20-18(19-2)21-15-16-8-6-7-9-17(16)26(24,25)23-13-11-22(3)12-14-23/h6-9H,4-5,10-15H2,1-3H3,(H2,19,20,21). The van der Waals surface area contributed by atoms with E-state index >= 15 is 0 Å². The van der Waals surface area contributed by atoms with Gasteiger partial charge in [-0.05, 0) is 25.1 Å². The normalized spacial score (nSPS) is 17.3. The zero-order chi connectivity index (χ0) is 19.0. The third-order valence-electron chi connectivity index (χ3n) is 4.55. The summed E-state index contributed by atoms with van der Waals surface area (Å²) in [4.78, 5) is 6.71. The molecule has 0 radical (unpaired) electrons. The fourth-order valence-corrected chi connectivity index (χ4v) is 4.50. The van der Waals surface area contributed by atoms with Crippen molar-refractivity contribution in [1.29, 1.82) is 0 Å². The van der Waals surface area contributed by atoms with Crippen molar-refractivity contribution in [2.24, 2.45) is 4.99 Å². The third kappa shape index (κ3) is 5.43. The molecule has 146 valence electrons. The van der Waals surface area contributed by atoms with Gasteiger partial charge in [-0.3, -0.25) is 4.99 Å². The van der Waals surface area contributed by atoms with E-state index in [1.165, 1.54) is 0 Å². The monoisotopic (exact) mass is 381 g/mol. The van der Waals surface area contributed by atoms with E-state index in [-0.39, 0.29) is 0 Å². The first-order valence-corrected chi connectivity index (χ1v) is 10.6. The van der Waals surface area contributed by atoms with Gasteiger partial charge in [0.15, 0.2) is 5.96 Å². The molecular formula is C18H31N5O2S. The van der Waals surface area contributed by atoms with Crippen LogP contribution in [0, 0.1) is 0 Å². The Morgan fingerprint density at radius 2 is 1.85 bits per heavy atom. The summed E-state index contributed by atoms with van der Waals surface area (Å²) >= 11 is 0. The zero-order valence-electron chi connectivity index (χ0n) is 16.0. The SMILES string of the molecule is CCCCNC(=NC)NCc1ccccc1S(=O)(=O)N1CCN(C)CC1. The van der Waals surface area contributed by atoms with Crippen LogP contribution in [0.4, 0.5) is 0 Å². The molecule has 0 aromatic heterocycles. The van der Waals surface area contributed by atoms with Crippen LogP contribution in [0.2, 0.25) is 0 Å². The predicted octanol–water partition coefficient (Wildman–Crippen LogP) is 1.09. The second kappa shape index (κ2) is 9.89. The quantitative estimate of drug-likeness (QED) is 0.420. The van der Waals surface area contributed by atoms with Gasteiger partial charge in [0.05, 0.1) is 4.90 Å². The van der Waals surface area contributed by atoms with Gasteiger partial charge in [-0.15, -0.1) is 0 Å². The molecule has 1 heterocycles. The fraction of sp³-hybridized carbons (Fsp3) is 0.611. The van der Waals surface area contributed by atoms with E-state index in [2.05, 4.69) is 27.4 Å². The molecule has 0 atom stereocenters. The highest BCUT2D eigenvalue weighted by Crippen LogP contribution is 2.21. The highest BCUT2D eigenvalue weighted by Gasteiger charge is 2.29. The van der Waals surface area contributed by atoms with Gasteiger partial charge in [-0.1, -0.05) is 31.5 Å². The van der Waals surface area contributed by atoms with Gasteiger partial charge in [0.25, 0.3) is 0 Å². The van der Waals surface area contributed by atoms with Crippen molar-refractivity contribution in [2.75, 3.05) is 46.8 Å². The van der Waals surface area contributed by atoms with E-state index < -0.39 is 10.0 Å². The van der Waals surface area contributed by atoms with Crippen molar-refractivity contribution in [3.05, 3.63) is 29.8 Å². The molecule has 1 aromatic rings.